The van der Waals surface area contributed by atoms with Gasteiger partial charge in [-0.2, -0.15) is 0 Å². The van der Waals surface area contributed by atoms with Crippen LogP contribution in [0.3, 0.4) is 0 Å². The molecule has 4 rings (SSSR count). The van der Waals surface area contributed by atoms with Gasteiger partial charge < -0.3 is 9.47 Å². The fourth-order valence-corrected chi connectivity index (χ4v) is 3.60. The third-order valence-electron chi connectivity index (χ3n) is 4.07. The molecule has 0 aromatic heterocycles. The van der Waals surface area contributed by atoms with Crippen molar-refractivity contribution in [2.45, 2.75) is 19.1 Å². The van der Waals surface area contributed by atoms with E-state index < -0.39 is 0 Å². The Bertz CT molecular complexity index is 497. The minimum absolute atomic E-state index is 0.0840. The van der Waals surface area contributed by atoms with Gasteiger partial charge in [0.15, 0.2) is 11.5 Å². The van der Waals surface area contributed by atoms with Crippen LogP contribution in [0.5, 0.6) is 11.5 Å². The van der Waals surface area contributed by atoms with E-state index in [2.05, 4.69) is 28.1 Å². The van der Waals surface area contributed by atoms with Crippen LogP contribution in [-0.4, -0.2) is 6.29 Å². The molecule has 0 spiro atoms. The van der Waals surface area contributed by atoms with Crippen LogP contribution in [0.1, 0.15) is 12.8 Å². The molecule has 1 saturated carbocycles. The van der Waals surface area contributed by atoms with E-state index in [-0.39, 0.29) is 6.29 Å². The third kappa shape index (κ3) is 1.52. The first-order valence-corrected chi connectivity index (χ1v) is 6.90. The highest BCUT2D eigenvalue weighted by molar-refractivity contribution is 9.10. The molecule has 1 aromatic rings. The first-order chi connectivity index (χ1) is 8.29. The van der Waals surface area contributed by atoms with Gasteiger partial charge in [0, 0.05) is 10.4 Å². The Hall–Kier alpha value is -0.960. The summed E-state index contributed by atoms with van der Waals surface area (Å²) in [4.78, 5) is 0. The third-order valence-corrected chi connectivity index (χ3v) is 4.57. The molecule has 2 bridgehead atoms. The Labute approximate surface area is 109 Å². The monoisotopic (exact) mass is 292 g/mol. The van der Waals surface area contributed by atoms with Gasteiger partial charge in [0.2, 0.25) is 6.29 Å². The summed E-state index contributed by atoms with van der Waals surface area (Å²) >= 11 is 3.45. The molecule has 1 aromatic carbocycles. The second kappa shape index (κ2) is 3.52. The number of rotatable bonds is 1. The van der Waals surface area contributed by atoms with Crippen molar-refractivity contribution in [3.8, 4) is 11.5 Å². The quantitative estimate of drug-likeness (QED) is 0.734. The van der Waals surface area contributed by atoms with Gasteiger partial charge in [-0.15, -0.1) is 0 Å². The molecule has 88 valence electrons. The predicted molar refractivity (Wildman–Crippen MR) is 68.0 cm³/mol. The standard InChI is InChI=1S/C14H13BrO2/c15-10-3-4-12-13(7-10)17-14(16-12)11-6-8-1-2-9(11)5-8/h1-4,7-9,11,14H,5-6H2. The Morgan fingerprint density at radius 3 is 2.71 bits per heavy atom. The van der Waals surface area contributed by atoms with E-state index in [0.29, 0.717) is 11.8 Å². The lowest BCUT2D eigenvalue weighted by Crippen LogP contribution is -2.31. The summed E-state index contributed by atoms with van der Waals surface area (Å²) in [5.74, 6) is 3.69. The van der Waals surface area contributed by atoms with Crippen molar-refractivity contribution in [3.63, 3.8) is 0 Å². The zero-order valence-electron chi connectivity index (χ0n) is 9.30. The van der Waals surface area contributed by atoms with Crippen LogP contribution in [0, 0.1) is 17.8 Å². The number of ether oxygens (including phenoxy) is 2. The minimum atomic E-state index is -0.0840. The van der Waals surface area contributed by atoms with Gasteiger partial charge in [-0.1, -0.05) is 28.1 Å². The summed E-state index contributed by atoms with van der Waals surface area (Å²) in [7, 11) is 0. The molecular weight excluding hydrogens is 280 g/mol. The maximum Gasteiger partial charge on any atom is 0.244 e. The van der Waals surface area contributed by atoms with Crippen LogP contribution in [0.4, 0.5) is 0 Å². The van der Waals surface area contributed by atoms with Crippen LogP contribution in [0.15, 0.2) is 34.8 Å². The van der Waals surface area contributed by atoms with Crippen molar-refractivity contribution in [1.82, 2.24) is 0 Å². The zero-order chi connectivity index (χ0) is 11.4. The molecule has 1 heterocycles. The molecule has 0 N–H and O–H groups in total. The van der Waals surface area contributed by atoms with E-state index in [1.165, 1.54) is 12.8 Å². The van der Waals surface area contributed by atoms with E-state index >= 15 is 0 Å². The van der Waals surface area contributed by atoms with E-state index in [1.807, 2.05) is 18.2 Å². The highest BCUT2D eigenvalue weighted by atomic mass is 79.9. The Morgan fingerprint density at radius 1 is 1.06 bits per heavy atom. The van der Waals surface area contributed by atoms with Gasteiger partial charge in [0.25, 0.3) is 0 Å². The largest absolute Gasteiger partial charge is 0.451 e. The average molecular weight is 293 g/mol. The second-order valence-electron chi connectivity index (χ2n) is 5.14. The van der Waals surface area contributed by atoms with E-state index in [4.69, 9.17) is 9.47 Å². The van der Waals surface area contributed by atoms with Crippen molar-refractivity contribution in [1.29, 1.82) is 0 Å². The fourth-order valence-electron chi connectivity index (χ4n) is 3.26. The number of halogens is 1. The summed E-state index contributed by atoms with van der Waals surface area (Å²) < 4.78 is 12.9. The molecule has 2 aliphatic carbocycles. The summed E-state index contributed by atoms with van der Waals surface area (Å²) in [5.41, 5.74) is 0. The van der Waals surface area contributed by atoms with Crippen molar-refractivity contribution < 1.29 is 9.47 Å². The van der Waals surface area contributed by atoms with Crippen LogP contribution >= 0.6 is 15.9 Å². The van der Waals surface area contributed by atoms with Crippen LogP contribution in [0.2, 0.25) is 0 Å². The lowest BCUT2D eigenvalue weighted by Gasteiger charge is -2.23. The van der Waals surface area contributed by atoms with Gasteiger partial charge in [-0.3, -0.25) is 0 Å². The van der Waals surface area contributed by atoms with Crippen LogP contribution in [0.25, 0.3) is 0 Å². The zero-order valence-corrected chi connectivity index (χ0v) is 10.9. The van der Waals surface area contributed by atoms with Gasteiger partial charge >= 0.3 is 0 Å². The van der Waals surface area contributed by atoms with E-state index in [9.17, 15) is 0 Å². The summed E-state index contributed by atoms with van der Waals surface area (Å²) in [5, 5.41) is 0. The second-order valence-corrected chi connectivity index (χ2v) is 6.05. The highest BCUT2D eigenvalue weighted by Gasteiger charge is 2.44. The van der Waals surface area contributed by atoms with Crippen molar-refractivity contribution in [2.75, 3.05) is 0 Å². The number of allylic oxidation sites excluding steroid dienone is 2. The molecule has 2 nitrogen and oxygen atoms in total. The molecule has 3 aliphatic rings. The van der Waals surface area contributed by atoms with Gasteiger partial charge in [-0.25, -0.2) is 0 Å². The first kappa shape index (κ1) is 10.0. The smallest absolute Gasteiger partial charge is 0.244 e. The molecule has 4 atom stereocenters. The van der Waals surface area contributed by atoms with Crippen molar-refractivity contribution in [3.05, 3.63) is 34.8 Å². The minimum Gasteiger partial charge on any atom is -0.451 e. The maximum absolute atomic E-state index is 5.94. The molecule has 0 saturated heterocycles. The fraction of sp³-hybridized carbons (Fsp3) is 0.429. The lowest BCUT2D eigenvalue weighted by molar-refractivity contribution is -0.0135. The first-order valence-electron chi connectivity index (χ1n) is 6.11. The normalized spacial score (nSPS) is 36.8. The van der Waals surface area contributed by atoms with Crippen LogP contribution in [-0.2, 0) is 0 Å². The SMILES string of the molecule is Brc1ccc2c(c1)OC(C1CC3C=CC1C3)O2. The topological polar surface area (TPSA) is 18.5 Å². The average Bonchev–Trinajstić information content (AvgIpc) is 3.01. The summed E-state index contributed by atoms with van der Waals surface area (Å²) in [6.07, 6.45) is 7.10. The molecule has 17 heavy (non-hydrogen) atoms. The molecule has 3 heteroatoms. The molecule has 0 amide bonds. The van der Waals surface area contributed by atoms with Crippen LogP contribution < -0.4 is 9.47 Å². The molecule has 1 fully saturated rings. The Morgan fingerprint density at radius 2 is 1.94 bits per heavy atom. The Balaban J connectivity index is 1.58. The lowest BCUT2D eigenvalue weighted by atomic mass is 9.93. The number of hydrogen-bond acceptors (Lipinski definition) is 2. The van der Waals surface area contributed by atoms with E-state index in [0.717, 1.165) is 21.9 Å². The predicted octanol–water partition coefficient (Wildman–Crippen LogP) is 3.76. The summed E-state index contributed by atoms with van der Waals surface area (Å²) in [6, 6.07) is 5.95. The Kier molecular flexibility index (Phi) is 2.07. The molecule has 1 aliphatic heterocycles. The van der Waals surface area contributed by atoms with Gasteiger partial charge in [-0.05, 0) is 42.9 Å². The highest BCUT2D eigenvalue weighted by Crippen LogP contribution is 2.49. The molecule has 4 unspecified atom stereocenters. The van der Waals surface area contributed by atoms with E-state index in [1.54, 1.807) is 0 Å². The maximum atomic E-state index is 5.94. The van der Waals surface area contributed by atoms with Crippen molar-refractivity contribution in [2.24, 2.45) is 17.8 Å². The number of benzene rings is 1. The number of hydrogen-bond donors (Lipinski definition) is 0. The summed E-state index contributed by atoms with van der Waals surface area (Å²) in [6.45, 7) is 0. The van der Waals surface area contributed by atoms with Crippen molar-refractivity contribution >= 4 is 15.9 Å². The molecular formula is C14H13BrO2. The number of fused-ring (bicyclic) bond motifs is 3. The van der Waals surface area contributed by atoms with Gasteiger partial charge in [0.05, 0.1) is 0 Å². The molecule has 0 radical (unpaired) electrons. The van der Waals surface area contributed by atoms with Gasteiger partial charge in [0.1, 0.15) is 0 Å².